The van der Waals surface area contributed by atoms with Crippen molar-refractivity contribution in [1.82, 2.24) is 10.6 Å². The van der Waals surface area contributed by atoms with Crippen LogP contribution in [0.2, 0.25) is 0 Å². The maximum atomic E-state index is 11.9. The molecule has 0 aliphatic carbocycles. The van der Waals surface area contributed by atoms with E-state index in [0.717, 1.165) is 27.7 Å². The summed E-state index contributed by atoms with van der Waals surface area (Å²) in [7, 11) is 0. The van der Waals surface area contributed by atoms with Gasteiger partial charge in [-0.25, -0.2) is 4.79 Å². The summed E-state index contributed by atoms with van der Waals surface area (Å²) in [4.78, 5) is 23.7. The number of urea groups is 1. The molecule has 0 bridgehead atoms. The third kappa shape index (κ3) is 5.70. The highest BCUT2D eigenvalue weighted by molar-refractivity contribution is 9.10. The molecule has 2 aromatic carbocycles. The van der Waals surface area contributed by atoms with Crippen molar-refractivity contribution in [2.24, 2.45) is 0 Å². The average molecular weight is 390 g/mol. The van der Waals surface area contributed by atoms with Gasteiger partial charge in [0, 0.05) is 16.7 Å². The number of hydrogen-bond acceptors (Lipinski definition) is 2. The predicted molar refractivity (Wildman–Crippen MR) is 98.8 cm³/mol. The molecule has 6 heteroatoms. The van der Waals surface area contributed by atoms with Gasteiger partial charge in [0.2, 0.25) is 5.91 Å². The molecule has 0 spiro atoms. The number of carbonyl (C=O) groups excluding carboxylic acids is 2. The lowest BCUT2D eigenvalue weighted by Crippen LogP contribution is -2.39. The van der Waals surface area contributed by atoms with E-state index in [-0.39, 0.29) is 18.5 Å². The number of anilines is 1. The van der Waals surface area contributed by atoms with Crippen LogP contribution in [0.25, 0.3) is 0 Å². The summed E-state index contributed by atoms with van der Waals surface area (Å²) in [6.45, 7) is 2.34. The zero-order valence-electron chi connectivity index (χ0n) is 13.4. The van der Waals surface area contributed by atoms with Gasteiger partial charge in [-0.1, -0.05) is 53.2 Å². The highest BCUT2D eigenvalue weighted by Gasteiger charge is 2.07. The molecule has 0 saturated heterocycles. The van der Waals surface area contributed by atoms with Gasteiger partial charge in [-0.05, 0) is 35.7 Å². The van der Waals surface area contributed by atoms with Crippen molar-refractivity contribution in [2.45, 2.75) is 19.9 Å². The quantitative estimate of drug-likeness (QED) is 0.707. The predicted octanol–water partition coefficient (Wildman–Crippen LogP) is 3.45. The monoisotopic (exact) mass is 389 g/mol. The van der Waals surface area contributed by atoms with Gasteiger partial charge < -0.3 is 16.0 Å². The molecule has 2 rings (SSSR count). The topological polar surface area (TPSA) is 70.2 Å². The minimum Gasteiger partial charge on any atom is -0.334 e. The molecule has 0 unspecified atom stereocenters. The molecule has 0 aliphatic rings. The highest BCUT2D eigenvalue weighted by atomic mass is 79.9. The van der Waals surface area contributed by atoms with E-state index in [1.807, 2.05) is 55.5 Å². The van der Waals surface area contributed by atoms with Crippen LogP contribution in [0.4, 0.5) is 10.5 Å². The molecule has 0 aliphatic heterocycles. The molecule has 0 atom stereocenters. The van der Waals surface area contributed by atoms with Crippen molar-refractivity contribution in [3.63, 3.8) is 0 Å². The lowest BCUT2D eigenvalue weighted by molar-refractivity contribution is -0.115. The van der Waals surface area contributed by atoms with Crippen LogP contribution >= 0.6 is 15.9 Å². The van der Waals surface area contributed by atoms with Gasteiger partial charge >= 0.3 is 6.03 Å². The Morgan fingerprint density at radius 3 is 2.58 bits per heavy atom. The first-order valence-electron chi connectivity index (χ1n) is 7.72. The Bertz CT molecular complexity index is 719. The smallest absolute Gasteiger partial charge is 0.315 e. The van der Waals surface area contributed by atoms with E-state index in [1.165, 1.54) is 0 Å². The summed E-state index contributed by atoms with van der Waals surface area (Å²) in [6.07, 6.45) is 0.830. The number of benzene rings is 2. The fourth-order valence-corrected chi connectivity index (χ4v) is 2.64. The fraction of sp³-hybridized carbons (Fsp3) is 0.222. The summed E-state index contributed by atoms with van der Waals surface area (Å²) in [6, 6.07) is 14.9. The number of halogens is 1. The Kier molecular flexibility index (Phi) is 6.81. The van der Waals surface area contributed by atoms with E-state index in [0.29, 0.717) is 6.54 Å². The third-order valence-corrected chi connectivity index (χ3v) is 3.92. The second-order valence-electron chi connectivity index (χ2n) is 5.23. The Morgan fingerprint density at radius 2 is 1.83 bits per heavy atom. The summed E-state index contributed by atoms with van der Waals surface area (Å²) in [5.41, 5.74) is 2.81. The standard InChI is InChI=1S/C18H20BrN3O2/c1-2-14-7-3-4-9-16(14)22-17(23)12-21-18(24)20-11-13-6-5-8-15(19)10-13/h3-10H,2,11-12H2,1H3,(H,22,23)(H2,20,21,24). The van der Waals surface area contributed by atoms with Gasteiger partial charge in [0.15, 0.2) is 0 Å². The molecule has 24 heavy (non-hydrogen) atoms. The number of rotatable bonds is 6. The highest BCUT2D eigenvalue weighted by Crippen LogP contribution is 2.15. The molecule has 0 fully saturated rings. The first kappa shape index (κ1) is 18.0. The van der Waals surface area contributed by atoms with Gasteiger partial charge in [-0.3, -0.25) is 4.79 Å². The van der Waals surface area contributed by atoms with Gasteiger partial charge in [0.1, 0.15) is 0 Å². The van der Waals surface area contributed by atoms with Crippen LogP contribution in [0.3, 0.4) is 0 Å². The van der Waals surface area contributed by atoms with E-state index in [2.05, 4.69) is 31.9 Å². The number of amides is 3. The molecule has 3 N–H and O–H groups in total. The minimum atomic E-state index is -0.381. The van der Waals surface area contributed by atoms with Crippen LogP contribution < -0.4 is 16.0 Å². The molecule has 5 nitrogen and oxygen atoms in total. The maximum Gasteiger partial charge on any atom is 0.315 e. The Hall–Kier alpha value is -2.34. The van der Waals surface area contributed by atoms with E-state index in [4.69, 9.17) is 0 Å². The number of nitrogens with one attached hydrogen (secondary N) is 3. The first-order valence-corrected chi connectivity index (χ1v) is 8.51. The largest absolute Gasteiger partial charge is 0.334 e. The molecule has 0 radical (unpaired) electrons. The van der Waals surface area contributed by atoms with E-state index < -0.39 is 0 Å². The second kappa shape index (κ2) is 9.08. The fourth-order valence-electron chi connectivity index (χ4n) is 2.20. The SMILES string of the molecule is CCc1ccccc1NC(=O)CNC(=O)NCc1cccc(Br)c1. The minimum absolute atomic E-state index is 0.0810. The Morgan fingerprint density at radius 1 is 1.04 bits per heavy atom. The first-order chi connectivity index (χ1) is 11.6. The third-order valence-electron chi connectivity index (χ3n) is 3.42. The van der Waals surface area contributed by atoms with E-state index in [1.54, 1.807) is 0 Å². The van der Waals surface area contributed by atoms with Crippen molar-refractivity contribution in [2.75, 3.05) is 11.9 Å². The van der Waals surface area contributed by atoms with E-state index in [9.17, 15) is 9.59 Å². The van der Waals surface area contributed by atoms with Crippen LogP contribution in [0.15, 0.2) is 53.0 Å². The maximum absolute atomic E-state index is 11.9. The summed E-state index contributed by atoms with van der Waals surface area (Å²) >= 11 is 3.38. The molecule has 0 heterocycles. The van der Waals surface area contributed by atoms with Gasteiger partial charge in [-0.2, -0.15) is 0 Å². The number of para-hydroxylation sites is 1. The zero-order chi connectivity index (χ0) is 17.4. The van der Waals surface area contributed by atoms with Crippen molar-refractivity contribution >= 4 is 33.6 Å². The van der Waals surface area contributed by atoms with Gasteiger partial charge in [0.05, 0.1) is 6.54 Å². The van der Waals surface area contributed by atoms with Crippen molar-refractivity contribution in [3.05, 3.63) is 64.1 Å². The summed E-state index contributed by atoms with van der Waals surface area (Å²) < 4.78 is 0.955. The lowest BCUT2D eigenvalue weighted by Gasteiger charge is -2.11. The molecular weight excluding hydrogens is 370 g/mol. The number of carbonyl (C=O) groups is 2. The number of aryl methyl sites for hydroxylation is 1. The Balaban J connectivity index is 1.76. The molecular formula is C18H20BrN3O2. The molecule has 0 aromatic heterocycles. The van der Waals surface area contributed by atoms with Crippen LogP contribution in [0.5, 0.6) is 0 Å². The van der Waals surface area contributed by atoms with Gasteiger partial charge in [-0.15, -0.1) is 0 Å². The van der Waals surface area contributed by atoms with E-state index >= 15 is 0 Å². The van der Waals surface area contributed by atoms with Crippen LogP contribution in [0.1, 0.15) is 18.1 Å². The molecule has 126 valence electrons. The number of hydrogen-bond donors (Lipinski definition) is 3. The van der Waals surface area contributed by atoms with Crippen LogP contribution in [-0.2, 0) is 17.8 Å². The van der Waals surface area contributed by atoms with Crippen molar-refractivity contribution in [1.29, 1.82) is 0 Å². The summed E-state index contributed by atoms with van der Waals surface area (Å²) in [5.74, 6) is -0.256. The molecule has 3 amide bonds. The normalized spacial score (nSPS) is 10.1. The van der Waals surface area contributed by atoms with Gasteiger partial charge in [0.25, 0.3) is 0 Å². The van der Waals surface area contributed by atoms with Crippen LogP contribution in [0, 0.1) is 0 Å². The second-order valence-corrected chi connectivity index (χ2v) is 6.14. The summed E-state index contributed by atoms with van der Waals surface area (Å²) in [5, 5.41) is 8.08. The zero-order valence-corrected chi connectivity index (χ0v) is 15.0. The van der Waals surface area contributed by atoms with Crippen molar-refractivity contribution < 1.29 is 9.59 Å². The van der Waals surface area contributed by atoms with Crippen molar-refractivity contribution in [3.8, 4) is 0 Å². The van der Waals surface area contributed by atoms with Crippen LogP contribution in [-0.4, -0.2) is 18.5 Å². The lowest BCUT2D eigenvalue weighted by atomic mass is 10.1. The Labute approximate surface area is 150 Å². The average Bonchev–Trinajstić information content (AvgIpc) is 2.58. The molecule has 0 saturated carbocycles. The molecule has 2 aromatic rings.